The molecule has 0 aliphatic carbocycles. The van der Waals surface area contributed by atoms with Gasteiger partial charge in [-0.05, 0) is 19.1 Å². The van der Waals surface area contributed by atoms with Crippen LogP contribution in [-0.2, 0) is 0 Å². The summed E-state index contributed by atoms with van der Waals surface area (Å²) in [4.78, 5) is 11.3. The van der Waals surface area contributed by atoms with Gasteiger partial charge in [0, 0.05) is 19.6 Å². The van der Waals surface area contributed by atoms with E-state index in [2.05, 4.69) is 25.9 Å². The Morgan fingerprint density at radius 1 is 1.50 bits per heavy atom. The van der Waals surface area contributed by atoms with E-state index in [1.54, 1.807) is 19.1 Å². The molecule has 2 aromatic heterocycles. The summed E-state index contributed by atoms with van der Waals surface area (Å²) in [5.74, 6) is 0.602. The zero-order valence-electron chi connectivity index (χ0n) is 10.1. The number of hydrogen-bond donors (Lipinski definition) is 4. The van der Waals surface area contributed by atoms with E-state index in [4.69, 9.17) is 5.11 Å². The Hall–Kier alpha value is -1.93. The Kier molecular flexibility index (Phi) is 3.90. The number of aliphatic hydroxyl groups is 1. The van der Waals surface area contributed by atoms with Gasteiger partial charge in [-0.1, -0.05) is 0 Å². The highest BCUT2D eigenvalue weighted by Crippen LogP contribution is 2.01. The summed E-state index contributed by atoms with van der Waals surface area (Å²) >= 11 is 0. The van der Waals surface area contributed by atoms with Crippen LogP contribution in [0.25, 0.3) is 5.65 Å². The van der Waals surface area contributed by atoms with Gasteiger partial charge >= 0.3 is 5.69 Å². The number of rotatable bonds is 6. The van der Waals surface area contributed by atoms with Crippen LogP contribution in [0, 0.1) is 0 Å². The molecule has 0 aliphatic heterocycles. The molecule has 0 bridgehead atoms. The van der Waals surface area contributed by atoms with Gasteiger partial charge in [0.2, 0.25) is 0 Å². The largest absolute Gasteiger partial charge is 0.392 e. The third kappa shape index (κ3) is 3.05. The molecule has 0 aromatic carbocycles. The summed E-state index contributed by atoms with van der Waals surface area (Å²) < 4.78 is 1.20. The molecule has 0 fully saturated rings. The third-order valence-corrected chi connectivity index (χ3v) is 2.32. The number of H-pyrrole nitrogens is 1. The van der Waals surface area contributed by atoms with Gasteiger partial charge in [-0.25, -0.2) is 9.89 Å². The van der Waals surface area contributed by atoms with Crippen LogP contribution in [0.4, 0.5) is 5.82 Å². The maximum absolute atomic E-state index is 11.3. The first-order valence-corrected chi connectivity index (χ1v) is 5.74. The van der Waals surface area contributed by atoms with Gasteiger partial charge in [0.25, 0.3) is 0 Å². The lowest BCUT2D eigenvalue weighted by Gasteiger charge is -2.08. The van der Waals surface area contributed by atoms with Crippen molar-refractivity contribution in [3.63, 3.8) is 0 Å². The van der Waals surface area contributed by atoms with Crippen molar-refractivity contribution in [3.8, 4) is 0 Å². The van der Waals surface area contributed by atoms with E-state index in [-0.39, 0.29) is 11.8 Å². The van der Waals surface area contributed by atoms with Crippen LogP contribution in [0.3, 0.4) is 0 Å². The number of anilines is 1. The van der Waals surface area contributed by atoms with Crippen molar-refractivity contribution < 1.29 is 5.11 Å². The van der Waals surface area contributed by atoms with Gasteiger partial charge in [-0.3, -0.25) is 0 Å². The number of aromatic amines is 1. The first kappa shape index (κ1) is 12.5. The topological polar surface area (TPSA) is 107 Å². The SMILES string of the molecule is CC(O)CNCCNc1ccc2n[nH]c(=O)n2n1. The molecule has 2 rings (SSSR count). The van der Waals surface area contributed by atoms with E-state index in [1.165, 1.54) is 4.52 Å². The molecule has 0 saturated carbocycles. The molecule has 8 nitrogen and oxygen atoms in total. The molecule has 2 aromatic rings. The second kappa shape index (κ2) is 5.61. The van der Waals surface area contributed by atoms with Gasteiger partial charge in [0.15, 0.2) is 5.65 Å². The van der Waals surface area contributed by atoms with Gasteiger partial charge in [0.05, 0.1) is 6.10 Å². The lowest BCUT2D eigenvalue weighted by atomic mass is 10.4. The van der Waals surface area contributed by atoms with E-state index in [9.17, 15) is 4.79 Å². The van der Waals surface area contributed by atoms with Crippen LogP contribution in [-0.4, -0.2) is 50.7 Å². The normalized spacial score (nSPS) is 12.8. The summed E-state index contributed by atoms with van der Waals surface area (Å²) in [5.41, 5.74) is 0.124. The molecule has 18 heavy (non-hydrogen) atoms. The molecular formula is C10H16N6O2. The minimum absolute atomic E-state index is 0.357. The predicted octanol–water partition coefficient (Wildman–Crippen LogP) is -1.20. The molecule has 0 amide bonds. The number of aromatic nitrogens is 4. The second-order valence-electron chi connectivity index (χ2n) is 4.00. The van der Waals surface area contributed by atoms with E-state index in [1.807, 2.05) is 0 Å². The lowest BCUT2D eigenvalue weighted by molar-refractivity contribution is 0.192. The van der Waals surface area contributed by atoms with Crippen molar-refractivity contribution in [2.24, 2.45) is 0 Å². The summed E-state index contributed by atoms with van der Waals surface area (Å²) in [7, 11) is 0. The molecular weight excluding hydrogens is 236 g/mol. The average Bonchev–Trinajstić information content (AvgIpc) is 2.70. The highest BCUT2D eigenvalue weighted by molar-refractivity contribution is 5.42. The number of hydrogen-bond acceptors (Lipinski definition) is 6. The fourth-order valence-corrected chi connectivity index (χ4v) is 1.49. The Bertz CT molecular complexity index is 561. The zero-order chi connectivity index (χ0) is 13.0. The van der Waals surface area contributed by atoms with Crippen molar-refractivity contribution in [1.82, 2.24) is 25.1 Å². The fourth-order valence-electron chi connectivity index (χ4n) is 1.49. The minimum Gasteiger partial charge on any atom is -0.392 e. The van der Waals surface area contributed by atoms with E-state index < -0.39 is 0 Å². The van der Waals surface area contributed by atoms with E-state index in [0.717, 1.165) is 0 Å². The first-order chi connectivity index (χ1) is 8.66. The highest BCUT2D eigenvalue weighted by Gasteiger charge is 2.02. The Balaban J connectivity index is 1.88. The molecule has 0 spiro atoms. The van der Waals surface area contributed by atoms with Crippen LogP contribution >= 0.6 is 0 Å². The fraction of sp³-hybridized carbons (Fsp3) is 0.500. The van der Waals surface area contributed by atoms with Gasteiger partial charge in [-0.15, -0.1) is 5.10 Å². The summed E-state index contributed by atoms with van der Waals surface area (Å²) in [6.45, 7) is 3.62. The molecule has 0 aliphatic rings. The molecule has 0 saturated heterocycles. The Morgan fingerprint density at radius 2 is 2.33 bits per heavy atom. The highest BCUT2D eigenvalue weighted by atomic mass is 16.3. The Labute approximate surface area is 103 Å². The van der Waals surface area contributed by atoms with Crippen LogP contribution in [0.1, 0.15) is 6.92 Å². The third-order valence-electron chi connectivity index (χ3n) is 2.32. The zero-order valence-corrected chi connectivity index (χ0v) is 10.1. The van der Waals surface area contributed by atoms with Crippen LogP contribution in [0.2, 0.25) is 0 Å². The van der Waals surface area contributed by atoms with Crippen molar-refractivity contribution in [3.05, 3.63) is 22.6 Å². The maximum atomic E-state index is 11.3. The quantitative estimate of drug-likeness (QED) is 0.481. The van der Waals surface area contributed by atoms with Gasteiger partial charge in [0.1, 0.15) is 5.82 Å². The van der Waals surface area contributed by atoms with Gasteiger partial charge in [-0.2, -0.15) is 9.61 Å². The second-order valence-corrected chi connectivity index (χ2v) is 4.00. The number of nitrogens with one attached hydrogen (secondary N) is 3. The molecule has 2 heterocycles. The summed E-state index contributed by atoms with van der Waals surface area (Å²) in [6.07, 6.45) is -0.357. The Morgan fingerprint density at radius 3 is 3.11 bits per heavy atom. The summed E-state index contributed by atoms with van der Waals surface area (Å²) in [5, 5.41) is 25.4. The number of fused-ring (bicyclic) bond motifs is 1. The molecule has 8 heteroatoms. The average molecular weight is 252 g/mol. The molecule has 1 atom stereocenters. The standard InChI is InChI=1S/C10H16N6O2/c1-7(17)6-11-4-5-12-8-2-3-9-13-14-10(18)16(9)15-8/h2-3,7,11,17H,4-6H2,1H3,(H,12,15)(H,14,18). The molecule has 4 N–H and O–H groups in total. The first-order valence-electron chi connectivity index (χ1n) is 5.74. The van der Waals surface area contributed by atoms with Gasteiger partial charge < -0.3 is 15.7 Å². The van der Waals surface area contributed by atoms with Crippen molar-refractivity contribution in [1.29, 1.82) is 0 Å². The monoisotopic (exact) mass is 252 g/mol. The minimum atomic E-state index is -0.360. The number of nitrogens with zero attached hydrogens (tertiary/aromatic N) is 3. The molecule has 0 radical (unpaired) electrons. The van der Waals surface area contributed by atoms with Crippen molar-refractivity contribution in [2.75, 3.05) is 25.0 Å². The van der Waals surface area contributed by atoms with Crippen molar-refractivity contribution in [2.45, 2.75) is 13.0 Å². The van der Waals surface area contributed by atoms with Crippen molar-refractivity contribution >= 4 is 11.5 Å². The smallest absolute Gasteiger partial charge is 0.364 e. The lowest BCUT2D eigenvalue weighted by Crippen LogP contribution is -2.29. The van der Waals surface area contributed by atoms with Crippen LogP contribution in [0.15, 0.2) is 16.9 Å². The van der Waals surface area contributed by atoms with E-state index in [0.29, 0.717) is 31.1 Å². The summed E-state index contributed by atoms with van der Waals surface area (Å²) in [6, 6.07) is 3.46. The molecule has 1 unspecified atom stereocenters. The number of aliphatic hydroxyl groups excluding tert-OH is 1. The van der Waals surface area contributed by atoms with Crippen LogP contribution < -0.4 is 16.3 Å². The predicted molar refractivity (Wildman–Crippen MR) is 66.6 cm³/mol. The maximum Gasteiger partial charge on any atom is 0.364 e. The molecule has 98 valence electrons. The van der Waals surface area contributed by atoms with Crippen LogP contribution in [0.5, 0.6) is 0 Å². The van der Waals surface area contributed by atoms with E-state index >= 15 is 0 Å².